The molecule has 1 aliphatic carbocycles. The molecule has 0 spiro atoms. The zero-order valence-electron chi connectivity index (χ0n) is 17.0. The van der Waals surface area contributed by atoms with Crippen molar-refractivity contribution in [3.8, 4) is 0 Å². The Morgan fingerprint density at radius 2 is 2.00 bits per heavy atom. The van der Waals surface area contributed by atoms with E-state index in [1.165, 1.54) is 5.56 Å². The van der Waals surface area contributed by atoms with Crippen LogP contribution in [0.4, 0.5) is 5.82 Å². The Balaban J connectivity index is 1.63. The molecule has 1 saturated heterocycles. The maximum atomic E-state index is 13.4. The quantitative estimate of drug-likeness (QED) is 0.865. The van der Waals surface area contributed by atoms with Crippen LogP contribution in [0.1, 0.15) is 52.3 Å². The molecule has 0 bridgehead atoms. The van der Waals surface area contributed by atoms with E-state index >= 15 is 0 Å². The first-order valence-electron chi connectivity index (χ1n) is 10.1. The van der Waals surface area contributed by atoms with E-state index in [4.69, 9.17) is 10.7 Å². The van der Waals surface area contributed by atoms with E-state index < -0.39 is 0 Å². The van der Waals surface area contributed by atoms with Crippen molar-refractivity contribution in [2.24, 2.45) is 5.73 Å². The van der Waals surface area contributed by atoms with Crippen LogP contribution in [0, 0.1) is 20.8 Å². The number of anilines is 1. The van der Waals surface area contributed by atoms with E-state index in [2.05, 4.69) is 35.0 Å². The Morgan fingerprint density at radius 3 is 2.64 bits per heavy atom. The van der Waals surface area contributed by atoms with Gasteiger partial charge in [-0.05, 0) is 45.6 Å². The first kappa shape index (κ1) is 18.9. The second-order valence-corrected chi connectivity index (χ2v) is 8.23. The number of nitrogens with two attached hydrogens (primary N) is 1. The van der Waals surface area contributed by atoms with E-state index in [1.807, 2.05) is 24.8 Å². The second-order valence-electron chi connectivity index (χ2n) is 8.23. The molecule has 148 valence electrons. The van der Waals surface area contributed by atoms with Gasteiger partial charge in [0.1, 0.15) is 5.82 Å². The van der Waals surface area contributed by atoms with E-state index in [0.717, 1.165) is 55.0 Å². The van der Waals surface area contributed by atoms with Gasteiger partial charge in [-0.15, -0.1) is 0 Å². The van der Waals surface area contributed by atoms with E-state index in [9.17, 15) is 4.79 Å². The number of carbonyl (C=O) groups excluding carboxylic acids is 1. The van der Waals surface area contributed by atoms with Crippen molar-refractivity contribution in [1.82, 2.24) is 14.9 Å². The van der Waals surface area contributed by atoms with Crippen molar-refractivity contribution >= 4 is 11.7 Å². The summed E-state index contributed by atoms with van der Waals surface area (Å²) in [6.45, 7) is 8.31. The van der Waals surface area contributed by atoms with Crippen LogP contribution in [-0.2, 0) is 6.54 Å². The standard InChI is InChI=1S/C22H29N5O/c1-14-5-4-6-17(11-14)12-27(19-7-8-19)22(28)20-24-16(3)15(2)21(25-20)26-10-9-18(23)13-26/h4-6,11,18-19H,7-10,12-13,23H2,1-3H3/t18-/m1/s1. The Kier molecular flexibility index (Phi) is 5.06. The summed E-state index contributed by atoms with van der Waals surface area (Å²) in [6.07, 6.45) is 3.06. The summed E-state index contributed by atoms with van der Waals surface area (Å²) in [4.78, 5) is 26.8. The number of carbonyl (C=O) groups is 1. The first-order valence-corrected chi connectivity index (χ1v) is 10.1. The molecule has 1 saturated carbocycles. The molecule has 1 aromatic heterocycles. The number of nitrogens with zero attached hydrogens (tertiary/aromatic N) is 4. The van der Waals surface area contributed by atoms with Gasteiger partial charge in [0.15, 0.2) is 0 Å². The number of hydrogen-bond donors (Lipinski definition) is 1. The predicted molar refractivity (Wildman–Crippen MR) is 110 cm³/mol. The molecule has 2 N–H and O–H groups in total. The molecule has 6 heteroatoms. The van der Waals surface area contributed by atoms with E-state index in [-0.39, 0.29) is 11.9 Å². The number of aryl methyl sites for hydroxylation is 2. The molecule has 0 unspecified atom stereocenters. The van der Waals surface area contributed by atoms with Gasteiger partial charge >= 0.3 is 0 Å². The van der Waals surface area contributed by atoms with Crippen LogP contribution >= 0.6 is 0 Å². The molecule has 1 aromatic carbocycles. The lowest BCUT2D eigenvalue weighted by Crippen LogP contribution is -2.35. The maximum absolute atomic E-state index is 13.4. The highest BCUT2D eigenvalue weighted by Gasteiger charge is 2.35. The van der Waals surface area contributed by atoms with Gasteiger partial charge in [0.2, 0.25) is 5.82 Å². The zero-order valence-corrected chi connectivity index (χ0v) is 17.0. The summed E-state index contributed by atoms with van der Waals surface area (Å²) in [6, 6.07) is 8.79. The van der Waals surface area contributed by atoms with Gasteiger partial charge < -0.3 is 15.5 Å². The van der Waals surface area contributed by atoms with Gasteiger partial charge in [-0.3, -0.25) is 4.79 Å². The van der Waals surface area contributed by atoms with Crippen molar-refractivity contribution < 1.29 is 4.79 Å². The lowest BCUT2D eigenvalue weighted by molar-refractivity contribution is 0.0717. The van der Waals surface area contributed by atoms with Crippen molar-refractivity contribution in [3.05, 3.63) is 52.5 Å². The first-order chi connectivity index (χ1) is 13.4. The summed E-state index contributed by atoms with van der Waals surface area (Å²) in [5, 5.41) is 0. The molecule has 1 atom stereocenters. The predicted octanol–water partition coefficient (Wildman–Crippen LogP) is 2.74. The van der Waals surface area contributed by atoms with Crippen LogP contribution in [0.3, 0.4) is 0 Å². The van der Waals surface area contributed by atoms with Crippen LogP contribution in [0.5, 0.6) is 0 Å². The monoisotopic (exact) mass is 379 g/mol. The van der Waals surface area contributed by atoms with E-state index in [1.54, 1.807) is 0 Å². The fraction of sp³-hybridized carbons (Fsp3) is 0.500. The molecule has 1 amide bonds. The van der Waals surface area contributed by atoms with Gasteiger partial charge in [0.05, 0.1) is 0 Å². The topological polar surface area (TPSA) is 75.4 Å². The highest BCUT2D eigenvalue weighted by atomic mass is 16.2. The van der Waals surface area contributed by atoms with Gasteiger partial charge in [0, 0.05) is 43.0 Å². The summed E-state index contributed by atoms with van der Waals surface area (Å²) >= 11 is 0. The minimum absolute atomic E-state index is 0.0724. The average Bonchev–Trinajstić information content (AvgIpc) is 3.42. The molecule has 4 rings (SSSR count). The number of benzene rings is 1. The molecular formula is C22H29N5O. The van der Waals surface area contributed by atoms with Crippen LogP contribution in [-0.4, -0.2) is 45.9 Å². The molecule has 28 heavy (non-hydrogen) atoms. The summed E-state index contributed by atoms with van der Waals surface area (Å²) < 4.78 is 0. The van der Waals surface area contributed by atoms with Crippen molar-refractivity contribution in [2.75, 3.05) is 18.0 Å². The summed E-state index contributed by atoms with van der Waals surface area (Å²) in [5.41, 5.74) is 10.3. The van der Waals surface area contributed by atoms with Gasteiger partial charge in [-0.25, -0.2) is 9.97 Å². The number of rotatable bonds is 5. The molecule has 2 fully saturated rings. The third kappa shape index (κ3) is 3.87. The lowest BCUT2D eigenvalue weighted by atomic mass is 10.1. The van der Waals surface area contributed by atoms with Gasteiger partial charge in [-0.1, -0.05) is 29.8 Å². The molecule has 2 aromatic rings. The van der Waals surface area contributed by atoms with Gasteiger partial charge in [-0.2, -0.15) is 0 Å². The largest absolute Gasteiger partial charge is 0.355 e. The van der Waals surface area contributed by atoms with Crippen molar-refractivity contribution in [3.63, 3.8) is 0 Å². The molecule has 2 aliphatic rings. The minimum atomic E-state index is -0.0724. The number of aromatic nitrogens is 2. The lowest BCUT2D eigenvalue weighted by Gasteiger charge is -2.24. The van der Waals surface area contributed by atoms with Crippen LogP contribution < -0.4 is 10.6 Å². The molecule has 1 aliphatic heterocycles. The van der Waals surface area contributed by atoms with Crippen molar-refractivity contribution in [2.45, 2.75) is 58.7 Å². The smallest absolute Gasteiger partial charge is 0.292 e. The van der Waals surface area contributed by atoms with Crippen LogP contribution in [0.2, 0.25) is 0 Å². The Labute approximate surface area is 166 Å². The number of amides is 1. The highest BCUT2D eigenvalue weighted by molar-refractivity contribution is 5.91. The van der Waals surface area contributed by atoms with Crippen LogP contribution in [0.25, 0.3) is 0 Å². The van der Waals surface area contributed by atoms with Crippen molar-refractivity contribution in [1.29, 1.82) is 0 Å². The molecule has 0 radical (unpaired) electrons. The Morgan fingerprint density at radius 1 is 1.21 bits per heavy atom. The molecular weight excluding hydrogens is 350 g/mol. The molecule has 2 heterocycles. The highest BCUT2D eigenvalue weighted by Crippen LogP contribution is 2.30. The molecule has 6 nitrogen and oxygen atoms in total. The normalized spacial score (nSPS) is 19.1. The average molecular weight is 380 g/mol. The third-order valence-corrected chi connectivity index (χ3v) is 5.76. The minimum Gasteiger partial charge on any atom is -0.355 e. The number of hydrogen-bond acceptors (Lipinski definition) is 5. The Bertz CT molecular complexity index is 892. The third-order valence-electron chi connectivity index (χ3n) is 5.76. The second kappa shape index (κ2) is 7.51. The van der Waals surface area contributed by atoms with Crippen LogP contribution in [0.15, 0.2) is 24.3 Å². The summed E-state index contributed by atoms with van der Waals surface area (Å²) in [5.74, 6) is 1.09. The zero-order chi connectivity index (χ0) is 19.8. The Hall–Kier alpha value is -2.47. The maximum Gasteiger partial charge on any atom is 0.292 e. The SMILES string of the molecule is Cc1cccc(CN(C(=O)c2nc(C)c(C)c(N3CC[C@@H](N)C3)n2)C2CC2)c1. The fourth-order valence-electron chi connectivity index (χ4n) is 3.89. The van der Waals surface area contributed by atoms with E-state index in [0.29, 0.717) is 18.4 Å². The van der Waals surface area contributed by atoms with Gasteiger partial charge in [0.25, 0.3) is 5.91 Å². The summed E-state index contributed by atoms with van der Waals surface area (Å²) in [7, 11) is 0. The fourth-order valence-corrected chi connectivity index (χ4v) is 3.89.